The lowest BCUT2D eigenvalue weighted by molar-refractivity contribution is -0.138. The minimum Gasteiger partial charge on any atom is -0.346 e. The molecule has 1 fully saturated rings. The van der Waals surface area contributed by atoms with Gasteiger partial charge in [0.1, 0.15) is 5.82 Å². The highest BCUT2D eigenvalue weighted by Crippen LogP contribution is 2.21. The number of carbonyl (C=O) groups excluding carboxylic acids is 1. The van der Waals surface area contributed by atoms with E-state index in [0.29, 0.717) is 13.1 Å². The molecular weight excluding hydrogens is 363 g/mol. The Hall–Kier alpha value is -1.99. The SMILES string of the molecule is CC(C)(C)N(Cc1cccc(F)c1)C(=O)CN1CCN(c2nccs2)CC1. The van der Waals surface area contributed by atoms with Crippen molar-refractivity contribution in [3.8, 4) is 0 Å². The second-order valence-corrected chi connectivity index (χ2v) is 8.73. The standard InChI is InChI=1S/C20H27FN4OS/c1-20(2,3)25(14-16-5-4-6-17(21)13-16)18(26)15-23-8-10-24(11-9-23)19-22-7-12-27-19/h4-7,12-13H,8-11,14-15H2,1-3H3. The summed E-state index contributed by atoms with van der Waals surface area (Å²) in [4.78, 5) is 23.7. The minimum absolute atomic E-state index is 0.0782. The second kappa shape index (κ2) is 8.35. The fourth-order valence-electron chi connectivity index (χ4n) is 3.26. The van der Waals surface area contributed by atoms with Crippen LogP contribution in [0.5, 0.6) is 0 Å². The van der Waals surface area contributed by atoms with Crippen molar-refractivity contribution in [3.05, 3.63) is 47.2 Å². The molecule has 5 nitrogen and oxygen atoms in total. The molecule has 0 saturated carbocycles. The number of thiazole rings is 1. The van der Waals surface area contributed by atoms with Gasteiger partial charge < -0.3 is 9.80 Å². The molecule has 0 atom stereocenters. The molecule has 2 heterocycles. The van der Waals surface area contributed by atoms with Gasteiger partial charge in [0.2, 0.25) is 5.91 Å². The van der Waals surface area contributed by atoms with Crippen LogP contribution in [0.25, 0.3) is 0 Å². The van der Waals surface area contributed by atoms with Crippen LogP contribution < -0.4 is 4.90 Å². The molecule has 1 amide bonds. The molecule has 27 heavy (non-hydrogen) atoms. The van der Waals surface area contributed by atoms with E-state index in [1.165, 1.54) is 12.1 Å². The van der Waals surface area contributed by atoms with E-state index in [1.807, 2.05) is 43.3 Å². The molecule has 0 N–H and O–H groups in total. The number of rotatable bonds is 5. The summed E-state index contributed by atoms with van der Waals surface area (Å²) in [6.07, 6.45) is 1.82. The first-order chi connectivity index (χ1) is 12.8. The first-order valence-electron chi connectivity index (χ1n) is 9.24. The van der Waals surface area contributed by atoms with E-state index in [2.05, 4.69) is 14.8 Å². The molecule has 1 aliphatic rings. The molecule has 3 rings (SSSR count). The first-order valence-corrected chi connectivity index (χ1v) is 10.1. The monoisotopic (exact) mass is 390 g/mol. The molecule has 7 heteroatoms. The van der Waals surface area contributed by atoms with Gasteiger partial charge in [-0.05, 0) is 38.5 Å². The van der Waals surface area contributed by atoms with Crippen LogP contribution in [0.4, 0.5) is 9.52 Å². The Labute approximate surface area is 164 Å². The molecule has 0 aliphatic carbocycles. The molecule has 0 bridgehead atoms. The van der Waals surface area contributed by atoms with Crippen molar-refractivity contribution in [3.63, 3.8) is 0 Å². The van der Waals surface area contributed by atoms with Crippen molar-refractivity contribution in [2.75, 3.05) is 37.6 Å². The van der Waals surface area contributed by atoms with E-state index >= 15 is 0 Å². The highest BCUT2D eigenvalue weighted by atomic mass is 32.1. The number of carbonyl (C=O) groups is 1. The van der Waals surface area contributed by atoms with Crippen LogP contribution in [-0.4, -0.2) is 59.0 Å². The van der Waals surface area contributed by atoms with Gasteiger partial charge in [0.15, 0.2) is 5.13 Å². The van der Waals surface area contributed by atoms with Crippen molar-refractivity contribution in [1.82, 2.24) is 14.8 Å². The number of halogens is 1. The lowest BCUT2D eigenvalue weighted by Gasteiger charge is -2.39. The average molecular weight is 391 g/mol. The van der Waals surface area contributed by atoms with Crippen LogP contribution in [0, 0.1) is 5.82 Å². The molecule has 0 unspecified atom stereocenters. The summed E-state index contributed by atoms with van der Waals surface area (Å²) >= 11 is 1.65. The van der Waals surface area contributed by atoms with E-state index < -0.39 is 0 Å². The van der Waals surface area contributed by atoms with Gasteiger partial charge >= 0.3 is 0 Å². The number of hydrogen-bond donors (Lipinski definition) is 0. The largest absolute Gasteiger partial charge is 0.346 e. The zero-order chi connectivity index (χ0) is 19.4. The Kier molecular flexibility index (Phi) is 6.11. The van der Waals surface area contributed by atoms with Crippen LogP contribution in [-0.2, 0) is 11.3 Å². The topological polar surface area (TPSA) is 39.7 Å². The lowest BCUT2D eigenvalue weighted by Crippen LogP contribution is -2.53. The zero-order valence-electron chi connectivity index (χ0n) is 16.2. The van der Waals surface area contributed by atoms with Gasteiger partial charge in [-0.3, -0.25) is 9.69 Å². The summed E-state index contributed by atoms with van der Waals surface area (Å²) in [5.41, 5.74) is 0.485. The van der Waals surface area contributed by atoms with Crippen LogP contribution in [0.2, 0.25) is 0 Å². The number of piperazine rings is 1. The molecular formula is C20H27FN4OS. The predicted octanol–water partition coefficient (Wildman–Crippen LogP) is 3.23. The van der Waals surface area contributed by atoms with Crippen LogP contribution in [0.15, 0.2) is 35.8 Å². The second-order valence-electron chi connectivity index (χ2n) is 7.86. The Bertz CT molecular complexity index is 752. The van der Waals surface area contributed by atoms with E-state index in [1.54, 1.807) is 17.4 Å². The third kappa shape index (κ3) is 5.26. The summed E-state index contributed by atoms with van der Waals surface area (Å²) in [5.74, 6) is -0.193. The summed E-state index contributed by atoms with van der Waals surface area (Å²) in [7, 11) is 0. The Morgan fingerprint density at radius 2 is 2.00 bits per heavy atom. The van der Waals surface area contributed by atoms with Gasteiger partial charge in [0.05, 0.1) is 6.54 Å². The van der Waals surface area contributed by atoms with Crippen molar-refractivity contribution < 1.29 is 9.18 Å². The van der Waals surface area contributed by atoms with Crippen LogP contribution >= 0.6 is 11.3 Å². The molecule has 1 aliphatic heterocycles. The third-order valence-electron chi connectivity index (χ3n) is 4.76. The number of nitrogens with zero attached hydrogens (tertiary/aromatic N) is 4. The fraction of sp³-hybridized carbons (Fsp3) is 0.500. The molecule has 1 aromatic carbocycles. The van der Waals surface area contributed by atoms with Gasteiger partial charge in [0.25, 0.3) is 0 Å². The van der Waals surface area contributed by atoms with Gasteiger partial charge in [-0.2, -0.15) is 0 Å². The summed E-state index contributed by atoms with van der Waals surface area (Å²) in [6.45, 7) is 10.3. The maximum absolute atomic E-state index is 13.5. The van der Waals surface area contributed by atoms with E-state index in [4.69, 9.17) is 0 Å². The van der Waals surface area contributed by atoms with Gasteiger partial charge in [-0.1, -0.05) is 12.1 Å². The molecule has 146 valence electrons. The Balaban J connectivity index is 1.60. The first kappa shape index (κ1) is 19.8. The van der Waals surface area contributed by atoms with Crippen molar-refractivity contribution >= 4 is 22.4 Å². The Morgan fingerprint density at radius 3 is 2.59 bits per heavy atom. The quantitative estimate of drug-likeness (QED) is 0.786. The van der Waals surface area contributed by atoms with Gasteiger partial charge in [0, 0.05) is 49.8 Å². The number of benzene rings is 1. The molecule has 0 radical (unpaired) electrons. The molecule has 2 aromatic rings. The van der Waals surface area contributed by atoms with Crippen molar-refractivity contribution in [1.29, 1.82) is 0 Å². The molecule has 1 saturated heterocycles. The summed E-state index contributed by atoms with van der Waals surface area (Å²) < 4.78 is 13.5. The van der Waals surface area contributed by atoms with Gasteiger partial charge in [-0.25, -0.2) is 9.37 Å². The number of amides is 1. The van der Waals surface area contributed by atoms with E-state index in [0.717, 1.165) is 36.9 Å². The van der Waals surface area contributed by atoms with Crippen molar-refractivity contribution in [2.45, 2.75) is 32.9 Å². The maximum atomic E-state index is 13.5. The normalized spacial score (nSPS) is 15.8. The smallest absolute Gasteiger partial charge is 0.237 e. The summed E-state index contributed by atoms with van der Waals surface area (Å²) in [5, 5.41) is 3.03. The predicted molar refractivity (Wildman–Crippen MR) is 107 cm³/mol. The number of aromatic nitrogens is 1. The fourth-order valence-corrected chi connectivity index (χ4v) is 3.96. The van der Waals surface area contributed by atoms with Crippen LogP contribution in [0.3, 0.4) is 0 Å². The highest BCUT2D eigenvalue weighted by molar-refractivity contribution is 7.13. The average Bonchev–Trinajstić information content (AvgIpc) is 3.14. The van der Waals surface area contributed by atoms with Crippen molar-refractivity contribution in [2.24, 2.45) is 0 Å². The van der Waals surface area contributed by atoms with Crippen LogP contribution in [0.1, 0.15) is 26.3 Å². The highest BCUT2D eigenvalue weighted by Gasteiger charge is 2.29. The third-order valence-corrected chi connectivity index (χ3v) is 5.59. The Morgan fingerprint density at radius 1 is 1.26 bits per heavy atom. The maximum Gasteiger partial charge on any atom is 0.237 e. The summed E-state index contributed by atoms with van der Waals surface area (Å²) in [6, 6.07) is 6.48. The lowest BCUT2D eigenvalue weighted by atomic mass is 10.0. The van der Waals surface area contributed by atoms with E-state index in [-0.39, 0.29) is 17.3 Å². The molecule has 0 spiro atoms. The zero-order valence-corrected chi connectivity index (χ0v) is 17.0. The van der Waals surface area contributed by atoms with E-state index in [9.17, 15) is 9.18 Å². The number of hydrogen-bond acceptors (Lipinski definition) is 5. The van der Waals surface area contributed by atoms with Gasteiger partial charge in [-0.15, -0.1) is 11.3 Å². The molecule has 1 aromatic heterocycles. The minimum atomic E-state index is -0.327. The number of anilines is 1.